The first-order valence-corrected chi connectivity index (χ1v) is 7.84. The SMILES string of the molecule is COc1cccc(C(=O)c2ccccc2CN2CCOCC2)c1. The lowest BCUT2D eigenvalue weighted by atomic mass is 9.98. The van der Waals surface area contributed by atoms with Gasteiger partial charge in [0.1, 0.15) is 5.75 Å². The van der Waals surface area contributed by atoms with Crippen LogP contribution < -0.4 is 4.74 Å². The Balaban J connectivity index is 1.85. The number of morpholine rings is 1. The highest BCUT2D eigenvalue weighted by Crippen LogP contribution is 2.20. The van der Waals surface area contributed by atoms with Crippen LogP contribution in [0.5, 0.6) is 5.75 Å². The molecular formula is C19H21NO3. The molecule has 4 heteroatoms. The van der Waals surface area contributed by atoms with Crippen molar-refractivity contribution in [2.24, 2.45) is 0 Å². The van der Waals surface area contributed by atoms with E-state index in [2.05, 4.69) is 4.90 Å². The molecule has 0 aromatic heterocycles. The zero-order valence-electron chi connectivity index (χ0n) is 13.3. The molecule has 1 aliphatic heterocycles. The molecule has 120 valence electrons. The van der Waals surface area contributed by atoms with Crippen LogP contribution in [0.4, 0.5) is 0 Å². The van der Waals surface area contributed by atoms with E-state index >= 15 is 0 Å². The smallest absolute Gasteiger partial charge is 0.193 e. The first kappa shape index (κ1) is 15.7. The van der Waals surface area contributed by atoms with Gasteiger partial charge in [-0.05, 0) is 17.7 Å². The molecule has 1 aliphatic rings. The molecule has 2 aromatic carbocycles. The van der Waals surface area contributed by atoms with Crippen LogP contribution >= 0.6 is 0 Å². The predicted octanol–water partition coefficient (Wildman–Crippen LogP) is 2.76. The van der Waals surface area contributed by atoms with E-state index in [9.17, 15) is 4.79 Å². The summed E-state index contributed by atoms with van der Waals surface area (Å²) >= 11 is 0. The predicted molar refractivity (Wildman–Crippen MR) is 89.0 cm³/mol. The fraction of sp³-hybridized carbons (Fsp3) is 0.316. The molecule has 0 spiro atoms. The van der Waals surface area contributed by atoms with E-state index in [0.29, 0.717) is 11.3 Å². The number of ketones is 1. The Labute approximate surface area is 136 Å². The second-order valence-corrected chi connectivity index (χ2v) is 5.61. The lowest BCUT2D eigenvalue weighted by Gasteiger charge is -2.27. The summed E-state index contributed by atoms with van der Waals surface area (Å²) in [5.41, 5.74) is 2.47. The fourth-order valence-corrected chi connectivity index (χ4v) is 2.80. The molecule has 2 aromatic rings. The van der Waals surface area contributed by atoms with Crippen molar-refractivity contribution in [3.05, 3.63) is 65.2 Å². The monoisotopic (exact) mass is 311 g/mol. The lowest BCUT2D eigenvalue weighted by Crippen LogP contribution is -2.36. The molecule has 0 amide bonds. The average Bonchev–Trinajstić information content (AvgIpc) is 2.62. The van der Waals surface area contributed by atoms with Gasteiger partial charge < -0.3 is 9.47 Å². The summed E-state index contributed by atoms with van der Waals surface area (Å²) in [6.45, 7) is 4.09. The van der Waals surface area contributed by atoms with Gasteiger partial charge in [-0.3, -0.25) is 9.69 Å². The highest BCUT2D eigenvalue weighted by Gasteiger charge is 2.17. The normalized spacial score (nSPS) is 15.3. The number of carbonyl (C=O) groups excluding carboxylic acids is 1. The van der Waals surface area contributed by atoms with Gasteiger partial charge >= 0.3 is 0 Å². The molecule has 0 saturated carbocycles. The van der Waals surface area contributed by atoms with E-state index in [1.54, 1.807) is 13.2 Å². The highest BCUT2D eigenvalue weighted by atomic mass is 16.5. The van der Waals surface area contributed by atoms with E-state index in [0.717, 1.165) is 44.0 Å². The summed E-state index contributed by atoms with van der Waals surface area (Å²) in [5.74, 6) is 0.731. The van der Waals surface area contributed by atoms with Crippen molar-refractivity contribution >= 4 is 5.78 Å². The third-order valence-electron chi connectivity index (χ3n) is 4.09. The van der Waals surface area contributed by atoms with Gasteiger partial charge in [0, 0.05) is 30.8 Å². The largest absolute Gasteiger partial charge is 0.497 e. The van der Waals surface area contributed by atoms with Gasteiger partial charge in [-0.1, -0.05) is 36.4 Å². The fourth-order valence-electron chi connectivity index (χ4n) is 2.80. The quantitative estimate of drug-likeness (QED) is 0.796. The van der Waals surface area contributed by atoms with Crippen LogP contribution in [-0.4, -0.2) is 44.1 Å². The Morgan fingerprint density at radius 1 is 1.13 bits per heavy atom. The van der Waals surface area contributed by atoms with E-state index in [-0.39, 0.29) is 5.78 Å². The molecule has 0 unspecified atom stereocenters. The maximum atomic E-state index is 12.9. The van der Waals surface area contributed by atoms with Gasteiger partial charge in [-0.2, -0.15) is 0 Å². The molecule has 0 N–H and O–H groups in total. The number of hydrogen-bond acceptors (Lipinski definition) is 4. The van der Waals surface area contributed by atoms with E-state index in [4.69, 9.17) is 9.47 Å². The molecule has 0 radical (unpaired) electrons. The van der Waals surface area contributed by atoms with Crippen molar-refractivity contribution in [2.45, 2.75) is 6.54 Å². The number of carbonyl (C=O) groups is 1. The maximum absolute atomic E-state index is 12.9. The molecule has 0 atom stereocenters. The molecule has 3 rings (SSSR count). The molecule has 0 aliphatic carbocycles. The van der Waals surface area contributed by atoms with E-state index < -0.39 is 0 Å². The van der Waals surface area contributed by atoms with Crippen LogP contribution in [0, 0.1) is 0 Å². The molecule has 23 heavy (non-hydrogen) atoms. The average molecular weight is 311 g/mol. The number of ether oxygens (including phenoxy) is 2. The second-order valence-electron chi connectivity index (χ2n) is 5.61. The maximum Gasteiger partial charge on any atom is 0.193 e. The Kier molecular flexibility index (Phi) is 5.05. The molecular weight excluding hydrogens is 290 g/mol. The summed E-state index contributed by atoms with van der Waals surface area (Å²) in [4.78, 5) is 15.2. The van der Waals surface area contributed by atoms with Crippen molar-refractivity contribution in [1.82, 2.24) is 4.90 Å². The van der Waals surface area contributed by atoms with Crippen LogP contribution in [0.1, 0.15) is 21.5 Å². The van der Waals surface area contributed by atoms with Crippen LogP contribution in [0.15, 0.2) is 48.5 Å². The zero-order valence-corrected chi connectivity index (χ0v) is 13.3. The van der Waals surface area contributed by atoms with Crippen molar-refractivity contribution in [3.63, 3.8) is 0 Å². The Hall–Kier alpha value is -2.17. The minimum absolute atomic E-state index is 0.0350. The summed E-state index contributed by atoms with van der Waals surface area (Å²) in [6, 6.07) is 15.1. The van der Waals surface area contributed by atoms with Crippen LogP contribution in [0.25, 0.3) is 0 Å². The Morgan fingerprint density at radius 2 is 1.91 bits per heavy atom. The molecule has 1 saturated heterocycles. The molecule has 1 fully saturated rings. The van der Waals surface area contributed by atoms with Gasteiger partial charge in [0.2, 0.25) is 0 Å². The van der Waals surface area contributed by atoms with Crippen molar-refractivity contribution in [1.29, 1.82) is 0 Å². The second kappa shape index (κ2) is 7.40. The minimum atomic E-state index is 0.0350. The molecule has 1 heterocycles. The third kappa shape index (κ3) is 3.78. The van der Waals surface area contributed by atoms with E-state index in [1.807, 2.05) is 42.5 Å². The number of methoxy groups -OCH3 is 1. The Bertz CT molecular complexity index is 678. The summed E-state index contributed by atoms with van der Waals surface area (Å²) < 4.78 is 10.6. The van der Waals surface area contributed by atoms with Crippen molar-refractivity contribution in [3.8, 4) is 5.75 Å². The number of hydrogen-bond donors (Lipinski definition) is 0. The van der Waals surface area contributed by atoms with Gasteiger partial charge in [0.25, 0.3) is 0 Å². The third-order valence-corrected chi connectivity index (χ3v) is 4.09. The lowest BCUT2D eigenvalue weighted by molar-refractivity contribution is 0.0341. The Morgan fingerprint density at radius 3 is 2.70 bits per heavy atom. The van der Waals surface area contributed by atoms with Gasteiger partial charge in [-0.15, -0.1) is 0 Å². The van der Waals surface area contributed by atoms with Crippen LogP contribution in [0.2, 0.25) is 0 Å². The summed E-state index contributed by atoms with van der Waals surface area (Å²) in [5, 5.41) is 0. The first-order chi connectivity index (χ1) is 11.3. The summed E-state index contributed by atoms with van der Waals surface area (Å²) in [7, 11) is 1.61. The van der Waals surface area contributed by atoms with Gasteiger partial charge in [0.05, 0.1) is 20.3 Å². The standard InChI is InChI=1S/C19H21NO3/c1-22-17-7-4-6-15(13-17)19(21)18-8-3-2-5-16(18)14-20-9-11-23-12-10-20/h2-8,13H,9-12,14H2,1H3. The number of benzene rings is 2. The van der Waals surface area contributed by atoms with E-state index in [1.165, 1.54) is 0 Å². The van der Waals surface area contributed by atoms with Gasteiger partial charge in [0.15, 0.2) is 5.78 Å². The van der Waals surface area contributed by atoms with Gasteiger partial charge in [-0.25, -0.2) is 0 Å². The number of rotatable bonds is 5. The van der Waals surface area contributed by atoms with Crippen LogP contribution in [-0.2, 0) is 11.3 Å². The minimum Gasteiger partial charge on any atom is -0.497 e. The van der Waals surface area contributed by atoms with Crippen molar-refractivity contribution in [2.75, 3.05) is 33.4 Å². The zero-order chi connectivity index (χ0) is 16.1. The topological polar surface area (TPSA) is 38.8 Å². The molecule has 4 nitrogen and oxygen atoms in total. The molecule has 0 bridgehead atoms. The first-order valence-electron chi connectivity index (χ1n) is 7.84. The highest BCUT2D eigenvalue weighted by molar-refractivity contribution is 6.10. The summed E-state index contributed by atoms with van der Waals surface area (Å²) in [6.07, 6.45) is 0. The number of nitrogens with zero attached hydrogens (tertiary/aromatic N) is 1. The van der Waals surface area contributed by atoms with Crippen molar-refractivity contribution < 1.29 is 14.3 Å². The van der Waals surface area contributed by atoms with Crippen LogP contribution in [0.3, 0.4) is 0 Å².